The second-order valence-electron chi connectivity index (χ2n) is 6.24. The van der Waals surface area contributed by atoms with Crippen LogP contribution in [0.1, 0.15) is 32.1 Å². The quantitative estimate of drug-likeness (QED) is 0.913. The summed E-state index contributed by atoms with van der Waals surface area (Å²) in [7, 11) is 1.84. The Labute approximate surface area is 141 Å². The van der Waals surface area contributed by atoms with Crippen molar-refractivity contribution in [2.45, 2.75) is 32.1 Å². The van der Waals surface area contributed by atoms with Gasteiger partial charge in [0.25, 0.3) is 0 Å². The molecule has 1 amide bonds. The van der Waals surface area contributed by atoms with E-state index in [-0.39, 0.29) is 5.91 Å². The van der Waals surface area contributed by atoms with E-state index in [2.05, 4.69) is 21.5 Å². The van der Waals surface area contributed by atoms with E-state index >= 15 is 0 Å². The fourth-order valence-corrected chi connectivity index (χ4v) is 2.96. The van der Waals surface area contributed by atoms with Crippen molar-refractivity contribution < 1.29 is 4.79 Å². The average Bonchev–Trinajstić information content (AvgIpc) is 3.30. The zero-order valence-corrected chi connectivity index (χ0v) is 13.9. The number of anilines is 1. The fourth-order valence-electron chi connectivity index (χ4n) is 2.96. The molecular formula is C17H22N6O. The van der Waals surface area contributed by atoms with Gasteiger partial charge in [-0.1, -0.05) is 0 Å². The summed E-state index contributed by atoms with van der Waals surface area (Å²) in [6.07, 6.45) is 8.40. The van der Waals surface area contributed by atoms with Crippen LogP contribution in [0.15, 0.2) is 24.7 Å². The number of likely N-dealkylation sites (tertiary alicyclic amines) is 1. The summed E-state index contributed by atoms with van der Waals surface area (Å²) < 4.78 is 1.78. The number of carbonyl (C=O) groups excluding carboxylic acids is 1. The van der Waals surface area contributed by atoms with E-state index < -0.39 is 5.41 Å². The van der Waals surface area contributed by atoms with Gasteiger partial charge in [-0.3, -0.25) is 4.79 Å². The average molecular weight is 326 g/mol. The molecule has 0 aromatic carbocycles. The predicted molar refractivity (Wildman–Crippen MR) is 90.2 cm³/mol. The van der Waals surface area contributed by atoms with Gasteiger partial charge in [0.15, 0.2) is 5.82 Å². The molecule has 4 rings (SSSR count). The van der Waals surface area contributed by atoms with Gasteiger partial charge in [0.2, 0.25) is 5.91 Å². The first kappa shape index (κ1) is 16.2. The first-order valence-corrected chi connectivity index (χ1v) is 8.37. The van der Waals surface area contributed by atoms with Crippen molar-refractivity contribution >= 4 is 17.2 Å². The maximum atomic E-state index is 11.8. The minimum Gasteiger partial charge on any atom is -0.371 e. The molecule has 0 radical (unpaired) electrons. The molecule has 2 aromatic rings. The maximum absolute atomic E-state index is 11.8. The van der Waals surface area contributed by atoms with E-state index in [0.717, 1.165) is 50.1 Å². The highest BCUT2D eigenvalue weighted by atomic mass is 16.2. The lowest BCUT2D eigenvalue weighted by Gasteiger charge is -2.28. The molecule has 24 heavy (non-hydrogen) atoms. The molecule has 2 aliphatic rings. The lowest BCUT2D eigenvalue weighted by Crippen LogP contribution is -2.40. The van der Waals surface area contributed by atoms with Crippen molar-refractivity contribution in [3.63, 3.8) is 0 Å². The van der Waals surface area contributed by atoms with Crippen LogP contribution in [0, 0.1) is 16.7 Å². The molecular weight excluding hydrogens is 304 g/mol. The minimum absolute atomic E-state index is 0.0923. The van der Waals surface area contributed by atoms with E-state index in [4.69, 9.17) is 5.26 Å². The molecule has 1 saturated carbocycles. The van der Waals surface area contributed by atoms with Gasteiger partial charge >= 0.3 is 0 Å². The van der Waals surface area contributed by atoms with Crippen molar-refractivity contribution in [2.24, 2.45) is 5.41 Å². The van der Waals surface area contributed by atoms with Gasteiger partial charge in [-0.15, -0.1) is 0 Å². The first-order chi connectivity index (χ1) is 11.7. The van der Waals surface area contributed by atoms with E-state index in [1.54, 1.807) is 4.52 Å². The molecule has 7 nitrogen and oxygen atoms in total. The number of fused-ring (bicyclic) bond motifs is 1. The van der Waals surface area contributed by atoms with Gasteiger partial charge in [0.05, 0.1) is 6.07 Å². The van der Waals surface area contributed by atoms with Crippen LogP contribution in [0.3, 0.4) is 0 Å². The number of rotatable bonds is 2. The van der Waals surface area contributed by atoms with E-state index in [1.165, 1.54) is 12.7 Å². The fraction of sp³-hybridized carbons (Fsp3) is 0.529. The zero-order chi connectivity index (χ0) is 17.0. The molecule has 1 N–H and O–H groups in total. The molecule has 7 heteroatoms. The van der Waals surface area contributed by atoms with Gasteiger partial charge in [0.1, 0.15) is 17.3 Å². The smallest absolute Gasteiger partial charge is 0.243 e. The highest BCUT2D eigenvalue weighted by Gasteiger charge is 2.52. The zero-order valence-electron chi connectivity index (χ0n) is 13.9. The molecule has 126 valence electrons. The number of carbonyl (C=O) groups is 1. The number of piperidine rings is 1. The Hall–Kier alpha value is -2.62. The van der Waals surface area contributed by atoms with Gasteiger partial charge in [0, 0.05) is 26.3 Å². The minimum atomic E-state index is -0.600. The van der Waals surface area contributed by atoms with Crippen molar-refractivity contribution in [3.05, 3.63) is 24.7 Å². The van der Waals surface area contributed by atoms with Crippen LogP contribution in [-0.4, -0.2) is 45.5 Å². The number of hydrogen-bond donors (Lipinski definition) is 1. The Kier molecular flexibility index (Phi) is 4.65. The van der Waals surface area contributed by atoms with Gasteiger partial charge in [-0.05, 0) is 44.2 Å². The Morgan fingerprint density at radius 2 is 2.08 bits per heavy atom. The highest BCUT2D eigenvalue weighted by molar-refractivity contribution is 5.88. The number of nitrogens with one attached hydrogen (secondary N) is 1. The monoisotopic (exact) mass is 326 g/mol. The van der Waals surface area contributed by atoms with Crippen LogP contribution < -0.4 is 5.32 Å². The Morgan fingerprint density at radius 1 is 1.33 bits per heavy atom. The van der Waals surface area contributed by atoms with Gasteiger partial charge in [-0.2, -0.15) is 10.4 Å². The first-order valence-electron chi connectivity index (χ1n) is 8.37. The van der Waals surface area contributed by atoms with Crippen LogP contribution in [0.4, 0.5) is 5.82 Å². The van der Waals surface area contributed by atoms with Gasteiger partial charge in [-0.25, -0.2) is 9.50 Å². The van der Waals surface area contributed by atoms with Crippen LogP contribution in [0.5, 0.6) is 0 Å². The maximum Gasteiger partial charge on any atom is 0.243 e. The molecule has 1 saturated heterocycles. The topological polar surface area (TPSA) is 86.3 Å². The molecule has 1 aliphatic carbocycles. The summed E-state index contributed by atoms with van der Waals surface area (Å²) in [5.74, 6) is 0.944. The number of aromatic nitrogens is 3. The molecule has 1 aliphatic heterocycles. The summed E-state index contributed by atoms with van der Waals surface area (Å²) in [5.41, 5.74) is 0.396. The van der Waals surface area contributed by atoms with Crippen molar-refractivity contribution in [1.82, 2.24) is 19.5 Å². The molecule has 0 spiro atoms. The van der Waals surface area contributed by atoms with E-state index in [0.29, 0.717) is 0 Å². The highest BCUT2D eigenvalue weighted by Crippen LogP contribution is 2.46. The van der Waals surface area contributed by atoms with Crippen molar-refractivity contribution in [3.8, 4) is 6.07 Å². The van der Waals surface area contributed by atoms with Crippen molar-refractivity contribution in [2.75, 3.05) is 25.5 Å². The molecule has 2 aromatic heterocycles. The molecule has 0 atom stereocenters. The van der Waals surface area contributed by atoms with Crippen LogP contribution in [-0.2, 0) is 4.79 Å². The Balaban J connectivity index is 0.000000143. The summed E-state index contributed by atoms with van der Waals surface area (Å²) >= 11 is 0. The van der Waals surface area contributed by atoms with Crippen LogP contribution >= 0.6 is 0 Å². The summed E-state index contributed by atoms with van der Waals surface area (Å²) in [6.45, 7) is 1.73. The summed E-state index contributed by atoms with van der Waals surface area (Å²) in [6, 6.07) is 6.06. The third-order valence-corrected chi connectivity index (χ3v) is 4.59. The lowest BCUT2D eigenvalue weighted by molar-refractivity contribution is -0.135. The van der Waals surface area contributed by atoms with Crippen LogP contribution in [0.2, 0.25) is 0 Å². The van der Waals surface area contributed by atoms with Crippen molar-refractivity contribution in [1.29, 1.82) is 5.26 Å². The largest absolute Gasteiger partial charge is 0.371 e. The third-order valence-electron chi connectivity index (χ3n) is 4.59. The van der Waals surface area contributed by atoms with Crippen LogP contribution in [0.25, 0.3) is 5.52 Å². The standard InChI is InChI=1S/C10H14N2O.C7H8N4/c11-8-10(4-5-10)9(13)12-6-2-1-3-7-12;1-8-7-6-3-2-4-11(6)10-5-9-7/h1-7H2;2-5H,1H3,(H,8,9,10). The normalized spacial score (nSPS) is 18.2. The molecule has 3 heterocycles. The second-order valence-corrected chi connectivity index (χ2v) is 6.24. The lowest BCUT2D eigenvalue weighted by atomic mass is 10.0. The molecule has 0 bridgehead atoms. The number of nitriles is 1. The van der Waals surface area contributed by atoms with E-state index in [9.17, 15) is 4.79 Å². The number of nitrogens with zero attached hydrogens (tertiary/aromatic N) is 5. The SMILES string of the molecule is CNc1ncnn2cccc12.N#CC1(C(=O)N2CCCCC2)CC1. The summed E-state index contributed by atoms with van der Waals surface area (Å²) in [5, 5.41) is 15.9. The Bertz CT molecular complexity index is 752. The number of amides is 1. The summed E-state index contributed by atoms with van der Waals surface area (Å²) in [4.78, 5) is 17.7. The third kappa shape index (κ3) is 3.18. The molecule has 2 fully saturated rings. The number of hydrogen-bond acceptors (Lipinski definition) is 5. The predicted octanol–water partition coefficient (Wildman–Crippen LogP) is 2.07. The Morgan fingerprint density at radius 3 is 2.71 bits per heavy atom. The van der Waals surface area contributed by atoms with Gasteiger partial charge < -0.3 is 10.2 Å². The second kappa shape index (κ2) is 6.87. The molecule has 0 unspecified atom stereocenters. The van der Waals surface area contributed by atoms with E-state index in [1.807, 2.05) is 30.3 Å².